The highest BCUT2D eigenvalue weighted by molar-refractivity contribution is 8.01. The van der Waals surface area contributed by atoms with Crippen LogP contribution in [-0.4, -0.2) is 44.7 Å². The van der Waals surface area contributed by atoms with Crippen molar-refractivity contribution in [3.8, 4) is 0 Å². The Bertz CT molecular complexity index is 542. The molecule has 1 N–H and O–H groups in total. The van der Waals surface area contributed by atoms with Crippen molar-refractivity contribution >= 4 is 40.0 Å². The van der Waals surface area contributed by atoms with Gasteiger partial charge >= 0.3 is 0 Å². The molecule has 0 unspecified atom stereocenters. The van der Waals surface area contributed by atoms with Gasteiger partial charge < -0.3 is 10.2 Å². The second-order valence-electron chi connectivity index (χ2n) is 6.85. The first kappa shape index (κ1) is 19.9. The van der Waals surface area contributed by atoms with Crippen LogP contribution in [0.5, 0.6) is 0 Å². The molecule has 0 aromatic carbocycles. The monoisotopic (exact) mass is 358 g/mol. The van der Waals surface area contributed by atoms with Gasteiger partial charge in [0.1, 0.15) is 0 Å². The minimum atomic E-state index is -0.482. The van der Waals surface area contributed by atoms with E-state index >= 15 is 0 Å². The van der Waals surface area contributed by atoms with Crippen LogP contribution in [0.15, 0.2) is 4.34 Å². The number of nitrogens with one attached hydrogen (secondary N) is 1. The van der Waals surface area contributed by atoms with E-state index in [0.717, 1.165) is 0 Å². The fourth-order valence-corrected chi connectivity index (χ4v) is 3.59. The van der Waals surface area contributed by atoms with Crippen LogP contribution >= 0.6 is 23.1 Å². The van der Waals surface area contributed by atoms with Gasteiger partial charge in [-0.1, -0.05) is 43.9 Å². The van der Waals surface area contributed by atoms with E-state index in [1.54, 1.807) is 0 Å². The molecule has 1 heterocycles. The van der Waals surface area contributed by atoms with Crippen molar-refractivity contribution in [3.05, 3.63) is 0 Å². The van der Waals surface area contributed by atoms with Gasteiger partial charge in [-0.25, -0.2) is 0 Å². The predicted octanol–water partition coefficient (Wildman–Crippen LogP) is 3.26. The molecule has 0 aliphatic heterocycles. The van der Waals surface area contributed by atoms with Crippen LogP contribution < -0.4 is 5.32 Å². The number of anilines is 1. The van der Waals surface area contributed by atoms with E-state index in [1.165, 1.54) is 23.1 Å². The summed E-state index contributed by atoms with van der Waals surface area (Å²) in [7, 11) is 0. The fourth-order valence-electron chi connectivity index (χ4n) is 1.97. The molecule has 0 spiro atoms. The first-order valence-corrected chi connectivity index (χ1v) is 9.41. The predicted molar refractivity (Wildman–Crippen MR) is 95.8 cm³/mol. The summed E-state index contributed by atoms with van der Waals surface area (Å²) in [4.78, 5) is 26.1. The van der Waals surface area contributed by atoms with Gasteiger partial charge in [0, 0.05) is 17.5 Å². The number of aromatic nitrogens is 2. The van der Waals surface area contributed by atoms with Crippen molar-refractivity contribution in [3.63, 3.8) is 0 Å². The summed E-state index contributed by atoms with van der Waals surface area (Å²) in [5.41, 5.74) is -0.482. The third kappa shape index (κ3) is 6.10. The Kier molecular flexibility index (Phi) is 7.01. The lowest BCUT2D eigenvalue weighted by Crippen LogP contribution is -2.43. The summed E-state index contributed by atoms with van der Waals surface area (Å²) >= 11 is 2.64. The molecular weight excluding hydrogens is 332 g/mol. The number of carbonyl (C=O) groups excluding carboxylic acids is 2. The van der Waals surface area contributed by atoms with Crippen molar-refractivity contribution < 1.29 is 9.59 Å². The molecular formula is C15H26N4O2S2. The Balaban J connectivity index is 2.60. The summed E-state index contributed by atoms with van der Waals surface area (Å²) in [6.07, 6.45) is 0. The van der Waals surface area contributed by atoms with E-state index in [9.17, 15) is 9.59 Å². The van der Waals surface area contributed by atoms with Gasteiger partial charge in [0.2, 0.25) is 16.9 Å². The molecule has 1 rings (SSSR count). The first-order valence-electron chi connectivity index (χ1n) is 7.61. The number of amides is 2. The summed E-state index contributed by atoms with van der Waals surface area (Å²) in [6, 6.07) is 0.332. The summed E-state index contributed by atoms with van der Waals surface area (Å²) in [5.74, 6) is 0.292. The Labute approximate surface area is 146 Å². The highest BCUT2D eigenvalue weighted by Crippen LogP contribution is 2.27. The summed E-state index contributed by atoms with van der Waals surface area (Å²) < 4.78 is 0.676. The zero-order valence-electron chi connectivity index (χ0n) is 14.8. The molecule has 0 atom stereocenters. The maximum Gasteiger partial charge on any atom is 0.233 e. The molecule has 1 aromatic heterocycles. The zero-order chi connectivity index (χ0) is 17.8. The van der Waals surface area contributed by atoms with Gasteiger partial charge in [-0.05, 0) is 27.7 Å². The summed E-state index contributed by atoms with van der Waals surface area (Å²) in [6.45, 7) is 13.5. The molecule has 0 aliphatic carbocycles. The van der Waals surface area contributed by atoms with Crippen LogP contribution in [0.25, 0.3) is 0 Å². The van der Waals surface area contributed by atoms with Gasteiger partial charge in [-0.2, -0.15) is 0 Å². The normalized spacial score (nSPS) is 11.9. The lowest BCUT2D eigenvalue weighted by atomic mass is 9.96. The standard InChI is InChI=1S/C15H26N4O2S2/c1-9(2)19(10(3)4)11(20)8-22-14-18-17-13(23-14)16-12(21)15(5,6)7/h9-10H,8H2,1-7H3,(H,16,17,21). The quantitative estimate of drug-likeness (QED) is 0.624. The molecule has 0 saturated carbocycles. The lowest BCUT2D eigenvalue weighted by molar-refractivity contribution is -0.131. The minimum absolute atomic E-state index is 0.0791. The molecule has 8 heteroatoms. The molecule has 0 aliphatic rings. The summed E-state index contributed by atoms with van der Waals surface area (Å²) in [5, 5.41) is 11.2. The highest BCUT2D eigenvalue weighted by atomic mass is 32.2. The molecule has 130 valence electrons. The molecule has 1 aromatic rings. The van der Waals surface area contributed by atoms with Crippen LogP contribution in [-0.2, 0) is 9.59 Å². The van der Waals surface area contributed by atoms with Gasteiger partial charge in [-0.3, -0.25) is 9.59 Å². The van der Waals surface area contributed by atoms with E-state index in [1.807, 2.05) is 53.4 Å². The van der Waals surface area contributed by atoms with E-state index in [4.69, 9.17) is 0 Å². The zero-order valence-corrected chi connectivity index (χ0v) is 16.5. The Morgan fingerprint density at radius 1 is 1.17 bits per heavy atom. The van der Waals surface area contributed by atoms with Gasteiger partial charge in [-0.15, -0.1) is 10.2 Å². The fraction of sp³-hybridized carbons (Fsp3) is 0.733. The highest BCUT2D eigenvalue weighted by Gasteiger charge is 2.23. The number of rotatable bonds is 6. The van der Waals surface area contributed by atoms with E-state index in [0.29, 0.717) is 15.2 Å². The maximum atomic E-state index is 12.3. The van der Waals surface area contributed by atoms with Crippen LogP contribution in [0, 0.1) is 5.41 Å². The smallest absolute Gasteiger partial charge is 0.233 e. The number of thioether (sulfide) groups is 1. The van der Waals surface area contributed by atoms with Crippen LogP contribution in [0.2, 0.25) is 0 Å². The Morgan fingerprint density at radius 3 is 2.22 bits per heavy atom. The molecule has 0 saturated heterocycles. The molecule has 2 amide bonds. The van der Waals surface area contributed by atoms with Gasteiger partial charge in [0.15, 0.2) is 4.34 Å². The maximum absolute atomic E-state index is 12.3. The van der Waals surface area contributed by atoms with Crippen molar-refractivity contribution in [2.24, 2.45) is 5.41 Å². The van der Waals surface area contributed by atoms with Crippen LogP contribution in [0.1, 0.15) is 48.5 Å². The van der Waals surface area contributed by atoms with E-state index < -0.39 is 5.41 Å². The minimum Gasteiger partial charge on any atom is -0.337 e. The average molecular weight is 359 g/mol. The molecule has 0 bridgehead atoms. The molecule has 23 heavy (non-hydrogen) atoms. The topological polar surface area (TPSA) is 75.2 Å². The molecule has 6 nitrogen and oxygen atoms in total. The van der Waals surface area contributed by atoms with E-state index in [2.05, 4.69) is 15.5 Å². The third-order valence-electron chi connectivity index (χ3n) is 3.03. The van der Waals surface area contributed by atoms with Crippen LogP contribution in [0.3, 0.4) is 0 Å². The molecule has 0 fully saturated rings. The SMILES string of the molecule is CC(C)N(C(=O)CSc1nnc(NC(=O)C(C)(C)C)s1)C(C)C. The van der Waals surface area contributed by atoms with Crippen molar-refractivity contribution in [1.29, 1.82) is 0 Å². The number of nitrogens with zero attached hydrogens (tertiary/aromatic N) is 3. The number of hydrogen-bond donors (Lipinski definition) is 1. The van der Waals surface area contributed by atoms with Crippen molar-refractivity contribution in [2.75, 3.05) is 11.1 Å². The number of hydrogen-bond acceptors (Lipinski definition) is 6. The second kappa shape index (κ2) is 8.10. The van der Waals surface area contributed by atoms with Crippen molar-refractivity contribution in [1.82, 2.24) is 15.1 Å². The van der Waals surface area contributed by atoms with Crippen LogP contribution in [0.4, 0.5) is 5.13 Å². The van der Waals surface area contributed by atoms with E-state index in [-0.39, 0.29) is 23.9 Å². The largest absolute Gasteiger partial charge is 0.337 e. The average Bonchev–Trinajstić information content (AvgIpc) is 2.82. The van der Waals surface area contributed by atoms with Crippen molar-refractivity contribution in [2.45, 2.75) is 64.9 Å². The number of carbonyl (C=O) groups is 2. The molecule has 0 radical (unpaired) electrons. The third-order valence-corrected chi connectivity index (χ3v) is 4.98. The van der Waals surface area contributed by atoms with Gasteiger partial charge in [0.25, 0.3) is 0 Å². The lowest BCUT2D eigenvalue weighted by Gasteiger charge is -2.30. The first-order chi connectivity index (χ1) is 10.5. The van der Waals surface area contributed by atoms with Gasteiger partial charge in [0.05, 0.1) is 5.75 Å². The Hall–Kier alpha value is -1.15. The Morgan fingerprint density at radius 2 is 1.74 bits per heavy atom. The second-order valence-corrected chi connectivity index (χ2v) is 9.05.